The lowest BCUT2D eigenvalue weighted by Crippen LogP contribution is -2.04. The van der Waals surface area contributed by atoms with Crippen molar-refractivity contribution in [2.45, 2.75) is 12.8 Å². The van der Waals surface area contributed by atoms with Crippen molar-refractivity contribution < 1.29 is 5.11 Å². The summed E-state index contributed by atoms with van der Waals surface area (Å²) in [7, 11) is 0. The minimum Gasteiger partial charge on any atom is -0.396 e. The van der Waals surface area contributed by atoms with Gasteiger partial charge in [0, 0.05) is 24.7 Å². The molecular formula is C13H16N2O. The Morgan fingerprint density at radius 1 is 1.12 bits per heavy atom. The maximum Gasteiger partial charge on any atom is 0.133 e. The minimum absolute atomic E-state index is 0.255. The van der Waals surface area contributed by atoms with Crippen molar-refractivity contribution in [3.05, 3.63) is 36.5 Å². The lowest BCUT2D eigenvalue weighted by molar-refractivity contribution is 0.286. The van der Waals surface area contributed by atoms with Gasteiger partial charge < -0.3 is 10.4 Å². The Morgan fingerprint density at radius 2 is 2.00 bits per heavy atom. The van der Waals surface area contributed by atoms with Crippen LogP contribution in [0.1, 0.15) is 12.8 Å². The van der Waals surface area contributed by atoms with Crippen molar-refractivity contribution in [1.29, 1.82) is 0 Å². The van der Waals surface area contributed by atoms with Gasteiger partial charge in [-0.15, -0.1) is 0 Å². The average Bonchev–Trinajstić information content (AvgIpc) is 2.35. The molecule has 3 heteroatoms. The Morgan fingerprint density at radius 3 is 2.88 bits per heavy atom. The van der Waals surface area contributed by atoms with Crippen LogP contribution >= 0.6 is 0 Å². The highest BCUT2D eigenvalue weighted by Crippen LogP contribution is 2.20. The van der Waals surface area contributed by atoms with Crippen LogP contribution in [0.2, 0.25) is 0 Å². The highest BCUT2D eigenvalue weighted by Gasteiger charge is 1.99. The Kier molecular flexibility index (Phi) is 3.72. The third-order valence-corrected chi connectivity index (χ3v) is 2.55. The molecule has 0 aliphatic carbocycles. The van der Waals surface area contributed by atoms with Crippen LogP contribution in [0.3, 0.4) is 0 Å². The summed E-state index contributed by atoms with van der Waals surface area (Å²) in [4.78, 5) is 4.33. The summed E-state index contributed by atoms with van der Waals surface area (Å²) >= 11 is 0. The molecule has 1 aromatic carbocycles. The number of hydrogen-bond donors (Lipinski definition) is 2. The van der Waals surface area contributed by atoms with E-state index in [1.54, 1.807) is 0 Å². The number of fused-ring (bicyclic) bond motifs is 1. The molecule has 0 spiro atoms. The molecular weight excluding hydrogens is 200 g/mol. The summed E-state index contributed by atoms with van der Waals surface area (Å²) in [5.74, 6) is 0.927. The summed E-state index contributed by atoms with van der Waals surface area (Å²) in [6, 6.07) is 10.2. The third-order valence-electron chi connectivity index (χ3n) is 2.55. The standard InChI is InChI=1S/C13H16N2O/c16-10-4-3-8-14-13-12-6-2-1-5-11(12)7-9-15-13/h1-2,5-7,9,16H,3-4,8,10H2,(H,14,15). The summed E-state index contributed by atoms with van der Waals surface area (Å²) in [6.45, 7) is 1.10. The van der Waals surface area contributed by atoms with E-state index in [-0.39, 0.29) is 6.61 Å². The SMILES string of the molecule is OCCCCNc1nccc2ccccc12. The molecule has 1 aromatic heterocycles. The number of aliphatic hydroxyl groups is 1. The summed E-state index contributed by atoms with van der Waals surface area (Å²) in [5.41, 5.74) is 0. The van der Waals surface area contributed by atoms with Gasteiger partial charge in [0.1, 0.15) is 5.82 Å². The Labute approximate surface area is 95.1 Å². The van der Waals surface area contributed by atoms with Gasteiger partial charge >= 0.3 is 0 Å². The molecule has 0 unspecified atom stereocenters. The first-order valence-corrected chi connectivity index (χ1v) is 5.60. The molecule has 2 aromatic rings. The topological polar surface area (TPSA) is 45.1 Å². The van der Waals surface area contributed by atoms with E-state index >= 15 is 0 Å². The normalized spacial score (nSPS) is 10.6. The quantitative estimate of drug-likeness (QED) is 0.754. The monoisotopic (exact) mass is 216 g/mol. The maximum atomic E-state index is 8.69. The minimum atomic E-state index is 0.255. The van der Waals surface area contributed by atoms with Crippen LogP contribution in [0.25, 0.3) is 10.8 Å². The van der Waals surface area contributed by atoms with E-state index in [1.807, 2.05) is 24.4 Å². The first-order chi connectivity index (χ1) is 7.92. The predicted octanol–water partition coefficient (Wildman–Crippen LogP) is 2.42. The number of benzene rings is 1. The van der Waals surface area contributed by atoms with Crippen molar-refractivity contribution in [3.8, 4) is 0 Å². The maximum absolute atomic E-state index is 8.69. The molecule has 2 N–H and O–H groups in total. The second-order valence-electron chi connectivity index (χ2n) is 3.74. The zero-order valence-corrected chi connectivity index (χ0v) is 9.19. The molecule has 0 saturated heterocycles. The molecule has 1 heterocycles. The number of pyridine rings is 1. The summed E-state index contributed by atoms with van der Waals surface area (Å²) in [6.07, 6.45) is 3.61. The van der Waals surface area contributed by atoms with Gasteiger partial charge in [-0.25, -0.2) is 4.98 Å². The second-order valence-corrected chi connectivity index (χ2v) is 3.74. The molecule has 0 aliphatic rings. The fraction of sp³-hybridized carbons (Fsp3) is 0.308. The van der Waals surface area contributed by atoms with Crippen LogP contribution in [0, 0.1) is 0 Å². The van der Waals surface area contributed by atoms with E-state index in [0.29, 0.717) is 0 Å². The lowest BCUT2D eigenvalue weighted by Gasteiger charge is -2.07. The number of rotatable bonds is 5. The van der Waals surface area contributed by atoms with Gasteiger partial charge in [-0.1, -0.05) is 24.3 Å². The zero-order valence-electron chi connectivity index (χ0n) is 9.19. The van der Waals surface area contributed by atoms with E-state index in [1.165, 1.54) is 5.39 Å². The van der Waals surface area contributed by atoms with E-state index < -0.39 is 0 Å². The van der Waals surface area contributed by atoms with Gasteiger partial charge in [0.25, 0.3) is 0 Å². The fourth-order valence-electron chi connectivity index (χ4n) is 1.70. The van der Waals surface area contributed by atoms with Crippen LogP contribution in [0.15, 0.2) is 36.5 Å². The molecule has 0 saturated carbocycles. The number of nitrogens with zero attached hydrogens (tertiary/aromatic N) is 1. The molecule has 3 nitrogen and oxygen atoms in total. The van der Waals surface area contributed by atoms with Crippen LogP contribution in [0.5, 0.6) is 0 Å². The van der Waals surface area contributed by atoms with Crippen LogP contribution in [-0.4, -0.2) is 23.2 Å². The van der Waals surface area contributed by atoms with E-state index in [9.17, 15) is 0 Å². The van der Waals surface area contributed by atoms with Crippen molar-refractivity contribution >= 4 is 16.6 Å². The van der Waals surface area contributed by atoms with Crippen LogP contribution in [-0.2, 0) is 0 Å². The first kappa shape index (κ1) is 10.9. The van der Waals surface area contributed by atoms with Gasteiger partial charge in [-0.3, -0.25) is 0 Å². The van der Waals surface area contributed by atoms with Crippen LogP contribution < -0.4 is 5.32 Å². The first-order valence-electron chi connectivity index (χ1n) is 5.60. The third kappa shape index (κ3) is 2.49. The van der Waals surface area contributed by atoms with E-state index in [2.05, 4.69) is 22.4 Å². The van der Waals surface area contributed by atoms with Gasteiger partial charge in [0.15, 0.2) is 0 Å². The molecule has 16 heavy (non-hydrogen) atoms. The molecule has 0 atom stereocenters. The van der Waals surface area contributed by atoms with Crippen LogP contribution in [0.4, 0.5) is 5.82 Å². The molecule has 0 radical (unpaired) electrons. The summed E-state index contributed by atoms with van der Waals surface area (Å²) in [5, 5.41) is 14.3. The summed E-state index contributed by atoms with van der Waals surface area (Å²) < 4.78 is 0. The molecule has 2 rings (SSSR count). The zero-order chi connectivity index (χ0) is 11.2. The smallest absolute Gasteiger partial charge is 0.133 e. The number of aromatic nitrogens is 1. The van der Waals surface area contributed by atoms with Gasteiger partial charge in [0.05, 0.1) is 0 Å². The Balaban J connectivity index is 2.11. The molecule has 0 aliphatic heterocycles. The molecule has 0 amide bonds. The highest BCUT2D eigenvalue weighted by atomic mass is 16.2. The fourth-order valence-corrected chi connectivity index (χ4v) is 1.70. The van der Waals surface area contributed by atoms with Crippen molar-refractivity contribution in [2.24, 2.45) is 0 Å². The van der Waals surface area contributed by atoms with Gasteiger partial charge in [-0.05, 0) is 24.3 Å². The van der Waals surface area contributed by atoms with Crippen molar-refractivity contribution in [3.63, 3.8) is 0 Å². The lowest BCUT2D eigenvalue weighted by atomic mass is 10.1. The molecule has 84 valence electrons. The largest absolute Gasteiger partial charge is 0.396 e. The Hall–Kier alpha value is -1.61. The second kappa shape index (κ2) is 5.47. The number of aliphatic hydroxyl groups excluding tert-OH is 1. The predicted molar refractivity (Wildman–Crippen MR) is 66.6 cm³/mol. The van der Waals surface area contributed by atoms with Crippen molar-refractivity contribution in [1.82, 2.24) is 4.98 Å². The van der Waals surface area contributed by atoms with Gasteiger partial charge in [0.2, 0.25) is 0 Å². The number of nitrogens with one attached hydrogen (secondary N) is 1. The Bertz CT molecular complexity index is 451. The number of hydrogen-bond acceptors (Lipinski definition) is 3. The van der Waals surface area contributed by atoms with Crippen molar-refractivity contribution in [2.75, 3.05) is 18.5 Å². The molecule has 0 bridgehead atoms. The van der Waals surface area contributed by atoms with Gasteiger partial charge in [-0.2, -0.15) is 0 Å². The highest BCUT2D eigenvalue weighted by molar-refractivity contribution is 5.91. The average molecular weight is 216 g/mol. The van der Waals surface area contributed by atoms with E-state index in [0.717, 1.165) is 30.6 Å². The molecule has 0 fully saturated rings. The van der Waals surface area contributed by atoms with E-state index in [4.69, 9.17) is 5.11 Å². The number of unbranched alkanes of at least 4 members (excludes halogenated alkanes) is 1. The number of anilines is 1.